The standard InChI is InChI=1S/C14H21ClN4O/c1-14(2)13(20)18(4)7-8-19(14)9-11-10(15)5-6-12(16-3)17-11/h5-6H,7-9H2,1-4H3,(H,16,17). The fraction of sp³-hybridized carbons (Fsp3) is 0.571. The monoisotopic (exact) mass is 296 g/mol. The molecule has 0 atom stereocenters. The van der Waals surface area contributed by atoms with Crippen molar-refractivity contribution in [2.75, 3.05) is 32.5 Å². The van der Waals surface area contributed by atoms with Gasteiger partial charge >= 0.3 is 0 Å². The van der Waals surface area contributed by atoms with Crippen LogP contribution >= 0.6 is 11.6 Å². The topological polar surface area (TPSA) is 48.5 Å². The number of hydrogen-bond donors (Lipinski definition) is 1. The van der Waals surface area contributed by atoms with E-state index in [0.717, 1.165) is 24.6 Å². The molecule has 1 aliphatic heterocycles. The van der Waals surface area contributed by atoms with Gasteiger partial charge in [-0.05, 0) is 26.0 Å². The van der Waals surface area contributed by atoms with Gasteiger partial charge in [-0.25, -0.2) is 4.98 Å². The quantitative estimate of drug-likeness (QED) is 0.924. The van der Waals surface area contributed by atoms with Crippen LogP contribution < -0.4 is 5.32 Å². The van der Waals surface area contributed by atoms with Gasteiger partial charge < -0.3 is 10.2 Å². The predicted octanol–water partition coefficient (Wildman–Crippen LogP) is 1.83. The van der Waals surface area contributed by atoms with Gasteiger partial charge in [0.25, 0.3) is 0 Å². The molecule has 0 aliphatic carbocycles. The molecule has 6 heteroatoms. The Labute approximate surface area is 124 Å². The Kier molecular flexibility index (Phi) is 4.20. The highest BCUT2D eigenvalue weighted by Gasteiger charge is 2.40. The van der Waals surface area contributed by atoms with Crippen LogP contribution in [0.25, 0.3) is 0 Å². The number of anilines is 1. The van der Waals surface area contributed by atoms with Gasteiger partial charge in [0.05, 0.1) is 16.3 Å². The van der Waals surface area contributed by atoms with Crippen molar-refractivity contribution >= 4 is 23.3 Å². The molecule has 1 fully saturated rings. The van der Waals surface area contributed by atoms with Crippen LogP contribution in [0.1, 0.15) is 19.5 Å². The summed E-state index contributed by atoms with van der Waals surface area (Å²) in [6, 6.07) is 3.67. The second-order valence-corrected chi connectivity index (χ2v) is 5.99. The minimum atomic E-state index is -0.534. The molecule has 1 aliphatic rings. The molecule has 1 aromatic rings. The van der Waals surface area contributed by atoms with E-state index in [-0.39, 0.29) is 5.91 Å². The summed E-state index contributed by atoms with van der Waals surface area (Å²) >= 11 is 6.22. The minimum absolute atomic E-state index is 0.129. The summed E-state index contributed by atoms with van der Waals surface area (Å²) < 4.78 is 0. The first-order valence-electron chi connectivity index (χ1n) is 6.70. The van der Waals surface area contributed by atoms with Crippen LogP contribution in [0.5, 0.6) is 0 Å². The maximum atomic E-state index is 12.3. The van der Waals surface area contributed by atoms with Crippen molar-refractivity contribution < 1.29 is 4.79 Å². The van der Waals surface area contributed by atoms with Gasteiger partial charge in [0.15, 0.2) is 0 Å². The van der Waals surface area contributed by atoms with Crippen molar-refractivity contribution in [2.24, 2.45) is 0 Å². The molecule has 1 aromatic heterocycles. The van der Waals surface area contributed by atoms with E-state index in [1.54, 1.807) is 4.90 Å². The first-order chi connectivity index (χ1) is 9.36. The van der Waals surface area contributed by atoms with Gasteiger partial charge in [-0.2, -0.15) is 0 Å². The Balaban J connectivity index is 2.23. The summed E-state index contributed by atoms with van der Waals surface area (Å²) in [5, 5.41) is 3.64. The maximum Gasteiger partial charge on any atom is 0.242 e. The summed E-state index contributed by atoms with van der Waals surface area (Å²) in [6.45, 7) is 6.01. The van der Waals surface area contributed by atoms with E-state index in [0.29, 0.717) is 11.6 Å². The number of nitrogens with one attached hydrogen (secondary N) is 1. The van der Waals surface area contributed by atoms with E-state index in [4.69, 9.17) is 11.6 Å². The molecule has 0 bridgehead atoms. The van der Waals surface area contributed by atoms with Crippen LogP contribution in [0.3, 0.4) is 0 Å². The molecule has 0 unspecified atom stereocenters. The Morgan fingerprint density at radius 3 is 2.75 bits per heavy atom. The Morgan fingerprint density at radius 1 is 1.40 bits per heavy atom. The molecule has 0 radical (unpaired) electrons. The summed E-state index contributed by atoms with van der Waals surface area (Å²) in [6.07, 6.45) is 0. The predicted molar refractivity (Wildman–Crippen MR) is 80.9 cm³/mol. The fourth-order valence-electron chi connectivity index (χ4n) is 2.45. The number of amides is 1. The zero-order chi connectivity index (χ0) is 14.9. The average molecular weight is 297 g/mol. The van der Waals surface area contributed by atoms with Crippen molar-refractivity contribution in [3.05, 3.63) is 22.8 Å². The van der Waals surface area contributed by atoms with Crippen LogP contribution in [0, 0.1) is 0 Å². The number of carbonyl (C=O) groups is 1. The Hall–Kier alpha value is -1.33. The van der Waals surface area contributed by atoms with Crippen molar-refractivity contribution in [2.45, 2.75) is 25.9 Å². The molecule has 2 rings (SSSR count). The number of pyridine rings is 1. The number of rotatable bonds is 3. The molecule has 0 saturated carbocycles. The van der Waals surface area contributed by atoms with Gasteiger partial charge in [-0.1, -0.05) is 11.6 Å². The molecule has 2 heterocycles. The van der Waals surface area contributed by atoms with E-state index in [2.05, 4.69) is 15.2 Å². The molecule has 1 amide bonds. The van der Waals surface area contributed by atoms with Crippen LogP contribution in [-0.4, -0.2) is 53.4 Å². The molecule has 0 spiro atoms. The lowest BCUT2D eigenvalue weighted by Crippen LogP contribution is -2.61. The smallest absolute Gasteiger partial charge is 0.242 e. The summed E-state index contributed by atoms with van der Waals surface area (Å²) in [5.41, 5.74) is 0.261. The largest absolute Gasteiger partial charge is 0.373 e. The molecule has 5 nitrogen and oxygen atoms in total. The number of carbonyl (C=O) groups excluding carboxylic acids is 1. The molecular formula is C14H21ClN4O. The first kappa shape index (κ1) is 15.1. The third-order valence-electron chi connectivity index (χ3n) is 3.88. The number of likely N-dealkylation sites (N-methyl/N-ethyl adjacent to an activating group) is 1. The summed E-state index contributed by atoms with van der Waals surface area (Å²) in [4.78, 5) is 20.7. The second-order valence-electron chi connectivity index (χ2n) is 5.58. The van der Waals surface area contributed by atoms with Crippen LogP contribution in [0.15, 0.2) is 12.1 Å². The zero-order valence-corrected chi connectivity index (χ0v) is 13.2. The van der Waals surface area contributed by atoms with Crippen LogP contribution in [-0.2, 0) is 11.3 Å². The zero-order valence-electron chi connectivity index (χ0n) is 12.4. The number of hydrogen-bond acceptors (Lipinski definition) is 4. The van der Waals surface area contributed by atoms with E-state index < -0.39 is 5.54 Å². The van der Waals surface area contributed by atoms with E-state index in [9.17, 15) is 4.79 Å². The number of aromatic nitrogens is 1. The van der Waals surface area contributed by atoms with Crippen LogP contribution in [0.4, 0.5) is 5.82 Å². The normalized spacial score (nSPS) is 19.2. The number of piperazine rings is 1. The first-order valence-corrected chi connectivity index (χ1v) is 7.08. The molecule has 1 N–H and O–H groups in total. The highest BCUT2D eigenvalue weighted by molar-refractivity contribution is 6.31. The van der Waals surface area contributed by atoms with Crippen molar-refractivity contribution in [3.8, 4) is 0 Å². The van der Waals surface area contributed by atoms with Crippen molar-refractivity contribution in [1.82, 2.24) is 14.8 Å². The Bertz CT molecular complexity index is 518. The fourth-order valence-corrected chi connectivity index (χ4v) is 2.61. The lowest BCUT2D eigenvalue weighted by molar-refractivity contribution is -0.147. The molecular weight excluding hydrogens is 276 g/mol. The van der Waals surface area contributed by atoms with Gasteiger partial charge in [0, 0.05) is 33.7 Å². The summed E-state index contributed by atoms with van der Waals surface area (Å²) in [7, 11) is 3.66. The third kappa shape index (κ3) is 2.74. The van der Waals surface area contributed by atoms with E-state index in [1.807, 2.05) is 40.1 Å². The molecule has 1 saturated heterocycles. The SMILES string of the molecule is CNc1ccc(Cl)c(CN2CCN(C)C(=O)C2(C)C)n1. The average Bonchev–Trinajstić information content (AvgIpc) is 2.42. The third-order valence-corrected chi connectivity index (χ3v) is 4.23. The van der Waals surface area contributed by atoms with E-state index in [1.165, 1.54) is 0 Å². The van der Waals surface area contributed by atoms with Crippen molar-refractivity contribution in [3.63, 3.8) is 0 Å². The van der Waals surface area contributed by atoms with Crippen molar-refractivity contribution in [1.29, 1.82) is 0 Å². The highest BCUT2D eigenvalue weighted by atomic mass is 35.5. The van der Waals surface area contributed by atoms with Gasteiger partial charge in [-0.15, -0.1) is 0 Å². The Morgan fingerprint density at radius 2 is 2.10 bits per heavy atom. The minimum Gasteiger partial charge on any atom is -0.373 e. The summed E-state index contributed by atoms with van der Waals surface area (Å²) in [5.74, 6) is 0.910. The highest BCUT2D eigenvalue weighted by Crippen LogP contribution is 2.26. The van der Waals surface area contributed by atoms with Crippen LogP contribution in [0.2, 0.25) is 5.02 Å². The molecule has 0 aromatic carbocycles. The maximum absolute atomic E-state index is 12.3. The van der Waals surface area contributed by atoms with E-state index >= 15 is 0 Å². The molecule has 20 heavy (non-hydrogen) atoms. The second kappa shape index (κ2) is 5.58. The number of nitrogens with zero attached hydrogens (tertiary/aromatic N) is 3. The lowest BCUT2D eigenvalue weighted by Gasteiger charge is -2.44. The van der Waals surface area contributed by atoms with Gasteiger partial charge in [-0.3, -0.25) is 9.69 Å². The molecule has 110 valence electrons. The van der Waals surface area contributed by atoms with Gasteiger partial charge in [0.2, 0.25) is 5.91 Å². The lowest BCUT2D eigenvalue weighted by atomic mass is 9.97. The number of halogens is 1. The van der Waals surface area contributed by atoms with Gasteiger partial charge in [0.1, 0.15) is 5.82 Å².